The van der Waals surface area contributed by atoms with E-state index in [1.807, 2.05) is 37.3 Å². The summed E-state index contributed by atoms with van der Waals surface area (Å²) in [4.78, 5) is 30.9. The molecule has 3 aromatic rings. The number of hydrogen-bond donors (Lipinski definition) is 0. The number of benzene rings is 1. The lowest BCUT2D eigenvalue weighted by molar-refractivity contribution is -0.137. The molecule has 26 heavy (non-hydrogen) atoms. The largest absolute Gasteiger partial charge is 0.468 e. The number of aryl methyl sites for hydroxylation is 1. The normalized spacial score (nSPS) is 10.8. The Balaban J connectivity index is 2.17. The van der Waals surface area contributed by atoms with Crippen LogP contribution in [0.3, 0.4) is 0 Å². The van der Waals surface area contributed by atoms with E-state index in [2.05, 4.69) is 16.3 Å². The molecule has 0 aliphatic heterocycles. The van der Waals surface area contributed by atoms with Gasteiger partial charge in [0.25, 0.3) is 5.56 Å². The maximum atomic E-state index is 13.1. The molecule has 0 saturated heterocycles. The van der Waals surface area contributed by atoms with Crippen LogP contribution >= 0.6 is 23.1 Å². The average molecular weight is 386 g/mol. The fraction of sp³-hybridized carbons (Fsp3) is 0.211. The number of methoxy groups -OCH3 is 1. The van der Waals surface area contributed by atoms with Crippen molar-refractivity contribution in [2.24, 2.45) is 0 Å². The summed E-state index contributed by atoms with van der Waals surface area (Å²) in [6.45, 7) is 6.00. The zero-order chi connectivity index (χ0) is 18.7. The number of allylic oxidation sites excluding steroid dienone is 1. The van der Waals surface area contributed by atoms with Gasteiger partial charge in [0.1, 0.15) is 4.83 Å². The van der Waals surface area contributed by atoms with Gasteiger partial charge in [0.2, 0.25) is 0 Å². The molecule has 0 atom stereocenters. The van der Waals surface area contributed by atoms with Gasteiger partial charge in [-0.3, -0.25) is 14.2 Å². The number of rotatable bonds is 6. The smallest absolute Gasteiger partial charge is 0.316 e. The second-order valence-electron chi connectivity index (χ2n) is 5.57. The molecule has 2 heterocycles. The molecule has 0 aliphatic rings. The van der Waals surface area contributed by atoms with E-state index in [-0.39, 0.29) is 17.3 Å². The second kappa shape index (κ2) is 7.88. The fourth-order valence-corrected chi connectivity index (χ4v) is 4.71. The minimum Gasteiger partial charge on any atom is -0.468 e. The first kappa shape index (κ1) is 18.4. The first-order valence-corrected chi connectivity index (χ1v) is 9.77. The lowest BCUT2D eigenvalue weighted by Gasteiger charge is -2.09. The molecule has 0 radical (unpaired) electrons. The highest BCUT2D eigenvalue weighted by Crippen LogP contribution is 2.36. The SMILES string of the molecule is C=CCn1c(SCC(=O)OC)nc2sc(-c3ccccc3)c(C)c2c1=O. The van der Waals surface area contributed by atoms with Gasteiger partial charge in [0.05, 0.1) is 18.2 Å². The van der Waals surface area contributed by atoms with E-state index in [1.165, 1.54) is 30.2 Å². The molecule has 0 spiro atoms. The monoisotopic (exact) mass is 386 g/mol. The van der Waals surface area contributed by atoms with Gasteiger partial charge >= 0.3 is 5.97 Å². The van der Waals surface area contributed by atoms with Crippen molar-refractivity contribution >= 4 is 39.3 Å². The average Bonchev–Trinajstić information content (AvgIpc) is 2.99. The summed E-state index contributed by atoms with van der Waals surface area (Å²) < 4.78 is 6.23. The highest BCUT2D eigenvalue weighted by molar-refractivity contribution is 7.99. The molecule has 0 aliphatic carbocycles. The Morgan fingerprint density at radius 2 is 2.12 bits per heavy atom. The van der Waals surface area contributed by atoms with E-state index in [4.69, 9.17) is 0 Å². The minimum absolute atomic E-state index is 0.0987. The van der Waals surface area contributed by atoms with Crippen LogP contribution in [0.2, 0.25) is 0 Å². The molecule has 0 N–H and O–H groups in total. The van der Waals surface area contributed by atoms with Crippen molar-refractivity contribution in [2.45, 2.75) is 18.6 Å². The highest BCUT2D eigenvalue weighted by Gasteiger charge is 2.19. The van der Waals surface area contributed by atoms with Crippen LogP contribution in [0.25, 0.3) is 20.7 Å². The van der Waals surface area contributed by atoms with Gasteiger partial charge in [-0.1, -0.05) is 48.2 Å². The number of hydrogen-bond acceptors (Lipinski definition) is 6. The third kappa shape index (κ3) is 3.45. The Hall–Kier alpha value is -2.38. The van der Waals surface area contributed by atoms with Crippen LogP contribution < -0.4 is 5.56 Å². The van der Waals surface area contributed by atoms with Gasteiger partial charge in [-0.2, -0.15) is 0 Å². The Bertz CT molecular complexity index is 1020. The first-order valence-electron chi connectivity index (χ1n) is 7.96. The number of nitrogens with zero attached hydrogens (tertiary/aromatic N) is 2. The molecule has 134 valence electrons. The molecule has 5 nitrogen and oxygen atoms in total. The third-order valence-corrected chi connectivity index (χ3v) is 6.09. The summed E-state index contributed by atoms with van der Waals surface area (Å²) in [5.74, 6) is -0.261. The van der Waals surface area contributed by atoms with Crippen molar-refractivity contribution in [3.63, 3.8) is 0 Å². The number of carbonyl (C=O) groups excluding carboxylic acids is 1. The number of fused-ring (bicyclic) bond motifs is 1. The minimum atomic E-state index is -0.359. The molecule has 1 aromatic carbocycles. The molecule has 0 amide bonds. The van der Waals surface area contributed by atoms with Gasteiger partial charge in [0, 0.05) is 11.4 Å². The molecule has 0 saturated carbocycles. The number of thioether (sulfide) groups is 1. The second-order valence-corrected chi connectivity index (χ2v) is 7.51. The highest BCUT2D eigenvalue weighted by atomic mass is 32.2. The Morgan fingerprint density at radius 3 is 2.77 bits per heavy atom. The summed E-state index contributed by atoms with van der Waals surface area (Å²) >= 11 is 2.69. The van der Waals surface area contributed by atoms with Crippen LogP contribution in [0.15, 0.2) is 52.9 Å². The third-order valence-electron chi connectivity index (χ3n) is 3.91. The number of thiophene rings is 1. The lowest BCUT2D eigenvalue weighted by Crippen LogP contribution is -2.23. The molecule has 0 bridgehead atoms. The number of aromatic nitrogens is 2. The molecule has 7 heteroatoms. The van der Waals surface area contributed by atoms with Crippen molar-refractivity contribution in [2.75, 3.05) is 12.9 Å². The summed E-state index contributed by atoms with van der Waals surface area (Å²) in [7, 11) is 1.34. The van der Waals surface area contributed by atoms with Gasteiger partial charge < -0.3 is 4.74 Å². The van der Waals surface area contributed by atoms with E-state index in [1.54, 1.807) is 10.6 Å². The molecule has 0 fully saturated rings. The Kier molecular flexibility index (Phi) is 5.58. The molecule has 0 unspecified atom stereocenters. The summed E-state index contributed by atoms with van der Waals surface area (Å²) in [5.41, 5.74) is 1.88. The van der Waals surface area contributed by atoms with Crippen molar-refractivity contribution in [1.82, 2.24) is 9.55 Å². The molecule has 3 rings (SSSR count). The lowest BCUT2D eigenvalue weighted by atomic mass is 10.1. The van der Waals surface area contributed by atoms with Crippen LogP contribution in [0.4, 0.5) is 0 Å². The number of esters is 1. The van der Waals surface area contributed by atoms with Gasteiger partial charge in [-0.15, -0.1) is 17.9 Å². The van der Waals surface area contributed by atoms with Gasteiger partial charge in [-0.05, 0) is 18.1 Å². The van der Waals surface area contributed by atoms with Crippen LogP contribution in [-0.2, 0) is 16.1 Å². The molecular weight excluding hydrogens is 368 g/mol. The standard InChI is InChI=1S/C19H18N2O3S2/c1-4-10-21-18(23)15-12(2)16(13-8-6-5-7-9-13)26-17(15)20-19(21)25-11-14(22)24-3/h4-9H,1,10-11H2,2-3H3. The topological polar surface area (TPSA) is 61.2 Å². The summed E-state index contributed by atoms with van der Waals surface area (Å²) in [6.07, 6.45) is 1.65. The van der Waals surface area contributed by atoms with E-state index in [0.717, 1.165) is 16.0 Å². The predicted molar refractivity (Wildman–Crippen MR) is 107 cm³/mol. The fourth-order valence-electron chi connectivity index (χ4n) is 2.65. The van der Waals surface area contributed by atoms with E-state index in [0.29, 0.717) is 21.9 Å². The van der Waals surface area contributed by atoms with E-state index >= 15 is 0 Å². The van der Waals surface area contributed by atoms with E-state index in [9.17, 15) is 9.59 Å². The quantitative estimate of drug-likeness (QED) is 0.278. The van der Waals surface area contributed by atoms with Crippen LogP contribution in [0.1, 0.15) is 5.56 Å². The van der Waals surface area contributed by atoms with Gasteiger partial charge in [-0.25, -0.2) is 4.98 Å². The first-order chi connectivity index (χ1) is 12.6. The van der Waals surface area contributed by atoms with Crippen LogP contribution in [0.5, 0.6) is 0 Å². The Morgan fingerprint density at radius 1 is 1.38 bits per heavy atom. The zero-order valence-electron chi connectivity index (χ0n) is 14.5. The van der Waals surface area contributed by atoms with Crippen molar-refractivity contribution in [1.29, 1.82) is 0 Å². The number of carbonyl (C=O) groups is 1. The van der Waals surface area contributed by atoms with Crippen LogP contribution in [0, 0.1) is 6.92 Å². The predicted octanol–water partition coefficient (Wildman–Crippen LogP) is 3.88. The van der Waals surface area contributed by atoms with E-state index < -0.39 is 0 Å². The van der Waals surface area contributed by atoms with Crippen LogP contribution in [-0.4, -0.2) is 28.4 Å². The maximum absolute atomic E-state index is 13.1. The van der Waals surface area contributed by atoms with Crippen molar-refractivity contribution in [3.05, 3.63) is 58.9 Å². The maximum Gasteiger partial charge on any atom is 0.316 e. The van der Waals surface area contributed by atoms with Crippen molar-refractivity contribution < 1.29 is 9.53 Å². The zero-order valence-corrected chi connectivity index (χ0v) is 16.2. The number of ether oxygens (including phenoxy) is 1. The Labute approximate surface area is 159 Å². The van der Waals surface area contributed by atoms with Gasteiger partial charge in [0.15, 0.2) is 5.16 Å². The summed E-state index contributed by atoms with van der Waals surface area (Å²) in [5, 5.41) is 1.12. The summed E-state index contributed by atoms with van der Waals surface area (Å²) in [6, 6.07) is 9.95. The molecular formula is C19H18N2O3S2. The molecule has 2 aromatic heterocycles. The van der Waals surface area contributed by atoms with Crippen molar-refractivity contribution in [3.8, 4) is 10.4 Å².